The third-order valence-electron chi connectivity index (χ3n) is 3.97. The summed E-state index contributed by atoms with van der Waals surface area (Å²) in [7, 11) is 1.33. The molecule has 1 heterocycles. The lowest BCUT2D eigenvalue weighted by Gasteiger charge is -2.13. The standard InChI is InChI=1S/C18H22N2O3/c1-11-16(18(22)23-4)13(3)20-17(11)15(21)10-19-12(2)14-8-6-5-7-9-14/h5-9,12,19-20H,10H2,1-4H3/t12-/m1/s1. The van der Waals surface area contributed by atoms with E-state index in [-0.39, 0.29) is 18.4 Å². The number of hydrogen-bond donors (Lipinski definition) is 2. The van der Waals surface area contributed by atoms with Crippen molar-refractivity contribution >= 4 is 11.8 Å². The maximum atomic E-state index is 12.4. The van der Waals surface area contributed by atoms with E-state index in [2.05, 4.69) is 10.3 Å². The zero-order chi connectivity index (χ0) is 17.0. The van der Waals surface area contributed by atoms with Gasteiger partial charge in [-0.2, -0.15) is 0 Å². The number of aromatic amines is 1. The molecule has 0 saturated heterocycles. The SMILES string of the molecule is COC(=O)c1c(C)[nH]c(C(=O)CN[C@H](C)c2ccccc2)c1C. The van der Waals surface area contributed by atoms with E-state index in [0.29, 0.717) is 22.5 Å². The van der Waals surface area contributed by atoms with E-state index in [1.165, 1.54) is 7.11 Å². The van der Waals surface area contributed by atoms with E-state index in [0.717, 1.165) is 5.56 Å². The highest BCUT2D eigenvalue weighted by atomic mass is 16.5. The highest BCUT2D eigenvalue weighted by molar-refractivity contribution is 6.02. The second kappa shape index (κ2) is 7.24. The molecule has 2 N–H and O–H groups in total. The van der Waals surface area contributed by atoms with Crippen molar-refractivity contribution in [1.82, 2.24) is 10.3 Å². The molecule has 0 bridgehead atoms. The van der Waals surface area contributed by atoms with Crippen molar-refractivity contribution in [1.29, 1.82) is 0 Å². The van der Waals surface area contributed by atoms with E-state index in [1.54, 1.807) is 13.8 Å². The van der Waals surface area contributed by atoms with Crippen molar-refractivity contribution < 1.29 is 14.3 Å². The van der Waals surface area contributed by atoms with Crippen LogP contribution in [-0.4, -0.2) is 30.4 Å². The molecular formula is C18H22N2O3. The molecule has 0 spiro atoms. The predicted molar refractivity (Wildman–Crippen MR) is 88.8 cm³/mol. The lowest BCUT2D eigenvalue weighted by Crippen LogP contribution is -2.26. The molecular weight excluding hydrogens is 292 g/mol. The quantitative estimate of drug-likeness (QED) is 0.635. The van der Waals surface area contributed by atoms with Crippen LogP contribution in [0, 0.1) is 13.8 Å². The highest BCUT2D eigenvalue weighted by Gasteiger charge is 2.22. The van der Waals surface area contributed by atoms with Crippen molar-refractivity contribution in [2.75, 3.05) is 13.7 Å². The van der Waals surface area contributed by atoms with Gasteiger partial charge >= 0.3 is 5.97 Å². The molecule has 0 aliphatic rings. The number of aromatic nitrogens is 1. The molecule has 2 rings (SSSR count). The summed E-state index contributed by atoms with van der Waals surface area (Å²) >= 11 is 0. The summed E-state index contributed by atoms with van der Waals surface area (Å²) in [6.07, 6.45) is 0. The van der Waals surface area contributed by atoms with Crippen LogP contribution >= 0.6 is 0 Å². The number of H-pyrrole nitrogens is 1. The van der Waals surface area contributed by atoms with E-state index < -0.39 is 5.97 Å². The maximum absolute atomic E-state index is 12.4. The van der Waals surface area contributed by atoms with Gasteiger partial charge < -0.3 is 15.0 Å². The predicted octanol–water partition coefficient (Wildman–Crippen LogP) is 2.95. The highest BCUT2D eigenvalue weighted by Crippen LogP contribution is 2.19. The Balaban J connectivity index is 2.08. The van der Waals surface area contributed by atoms with Gasteiger partial charge in [0, 0.05) is 11.7 Å². The minimum atomic E-state index is -0.430. The smallest absolute Gasteiger partial charge is 0.339 e. The van der Waals surface area contributed by atoms with Gasteiger partial charge in [-0.25, -0.2) is 4.79 Å². The van der Waals surface area contributed by atoms with E-state index >= 15 is 0 Å². The number of nitrogens with one attached hydrogen (secondary N) is 2. The molecule has 1 aromatic carbocycles. The summed E-state index contributed by atoms with van der Waals surface area (Å²) in [5.41, 5.74) is 3.29. The van der Waals surface area contributed by atoms with Gasteiger partial charge in [0.05, 0.1) is 24.9 Å². The van der Waals surface area contributed by atoms with Gasteiger partial charge in [-0.3, -0.25) is 4.79 Å². The number of ketones is 1. The maximum Gasteiger partial charge on any atom is 0.339 e. The van der Waals surface area contributed by atoms with Gasteiger partial charge in [0.15, 0.2) is 5.78 Å². The molecule has 2 aromatic rings. The van der Waals surface area contributed by atoms with Crippen LogP contribution in [0.4, 0.5) is 0 Å². The first-order valence-electron chi connectivity index (χ1n) is 7.54. The van der Waals surface area contributed by atoms with Crippen molar-refractivity contribution in [2.45, 2.75) is 26.8 Å². The molecule has 0 aliphatic heterocycles. The van der Waals surface area contributed by atoms with Crippen LogP contribution in [0.25, 0.3) is 0 Å². The Labute approximate surface area is 136 Å². The number of benzene rings is 1. The molecule has 122 valence electrons. The fourth-order valence-electron chi connectivity index (χ4n) is 2.63. The minimum absolute atomic E-state index is 0.0663. The second-order valence-electron chi connectivity index (χ2n) is 5.55. The molecule has 0 unspecified atom stereocenters. The number of ether oxygens (including phenoxy) is 1. The van der Waals surface area contributed by atoms with Crippen LogP contribution in [0.5, 0.6) is 0 Å². The first-order valence-corrected chi connectivity index (χ1v) is 7.54. The number of Topliss-reactive ketones (excluding diaryl/α,β-unsaturated/α-hetero) is 1. The Bertz CT molecular complexity index is 705. The van der Waals surface area contributed by atoms with Crippen LogP contribution < -0.4 is 5.32 Å². The van der Waals surface area contributed by atoms with Crippen molar-refractivity contribution in [3.05, 3.63) is 58.4 Å². The van der Waals surface area contributed by atoms with Crippen molar-refractivity contribution in [2.24, 2.45) is 0 Å². The van der Waals surface area contributed by atoms with Gasteiger partial charge in [0.1, 0.15) is 0 Å². The van der Waals surface area contributed by atoms with Gasteiger partial charge in [-0.05, 0) is 31.9 Å². The lowest BCUT2D eigenvalue weighted by atomic mass is 10.1. The third kappa shape index (κ3) is 3.68. The topological polar surface area (TPSA) is 71.2 Å². The molecule has 0 fully saturated rings. The molecule has 1 atom stereocenters. The van der Waals surface area contributed by atoms with Gasteiger partial charge in [0.25, 0.3) is 0 Å². The summed E-state index contributed by atoms with van der Waals surface area (Å²) < 4.78 is 4.76. The number of methoxy groups -OCH3 is 1. The van der Waals surface area contributed by atoms with Crippen LogP contribution in [-0.2, 0) is 4.74 Å². The van der Waals surface area contributed by atoms with Gasteiger partial charge in [0.2, 0.25) is 0 Å². The fourth-order valence-corrected chi connectivity index (χ4v) is 2.63. The number of hydrogen-bond acceptors (Lipinski definition) is 4. The molecule has 0 saturated carbocycles. The summed E-state index contributed by atoms with van der Waals surface area (Å²) in [5, 5.41) is 3.21. The van der Waals surface area contributed by atoms with Crippen molar-refractivity contribution in [3.63, 3.8) is 0 Å². The van der Waals surface area contributed by atoms with Gasteiger partial charge in [-0.1, -0.05) is 30.3 Å². The van der Waals surface area contributed by atoms with Crippen LogP contribution in [0.3, 0.4) is 0 Å². The second-order valence-corrected chi connectivity index (χ2v) is 5.55. The van der Waals surface area contributed by atoms with E-state index in [4.69, 9.17) is 4.74 Å². The summed E-state index contributed by atoms with van der Waals surface area (Å²) in [6.45, 7) is 5.71. The Morgan fingerprint density at radius 3 is 2.48 bits per heavy atom. The summed E-state index contributed by atoms with van der Waals surface area (Å²) in [5.74, 6) is -0.510. The zero-order valence-corrected chi connectivity index (χ0v) is 13.9. The average molecular weight is 314 g/mol. The van der Waals surface area contributed by atoms with Crippen LogP contribution in [0.1, 0.15) is 50.6 Å². The van der Waals surface area contributed by atoms with E-state index in [9.17, 15) is 9.59 Å². The molecule has 0 radical (unpaired) electrons. The van der Waals surface area contributed by atoms with E-state index in [1.807, 2.05) is 37.3 Å². The zero-order valence-electron chi connectivity index (χ0n) is 13.9. The van der Waals surface area contributed by atoms with Crippen molar-refractivity contribution in [3.8, 4) is 0 Å². The third-order valence-corrected chi connectivity index (χ3v) is 3.97. The number of carbonyl (C=O) groups excluding carboxylic acids is 2. The number of rotatable bonds is 6. The van der Waals surface area contributed by atoms with Gasteiger partial charge in [-0.15, -0.1) is 0 Å². The summed E-state index contributed by atoms with van der Waals surface area (Å²) in [4.78, 5) is 27.2. The normalized spacial score (nSPS) is 12.0. The Morgan fingerprint density at radius 1 is 1.22 bits per heavy atom. The first kappa shape index (κ1) is 17.0. The molecule has 23 heavy (non-hydrogen) atoms. The number of esters is 1. The minimum Gasteiger partial charge on any atom is -0.465 e. The Kier molecular flexibility index (Phi) is 5.34. The lowest BCUT2D eigenvalue weighted by molar-refractivity contribution is 0.0599. The molecule has 1 aromatic heterocycles. The first-order chi connectivity index (χ1) is 11.0. The number of carbonyl (C=O) groups is 2. The summed E-state index contributed by atoms with van der Waals surface area (Å²) in [6, 6.07) is 9.99. The molecule has 0 aliphatic carbocycles. The fraction of sp³-hybridized carbons (Fsp3) is 0.333. The largest absolute Gasteiger partial charge is 0.465 e. The monoisotopic (exact) mass is 314 g/mol. The molecule has 0 amide bonds. The van der Waals surface area contributed by atoms with Crippen LogP contribution in [0.15, 0.2) is 30.3 Å². The molecule has 5 heteroatoms. The average Bonchev–Trinajstić information content (AvgIpc) is 2.87. The number of aryl methyl sites for hydroxylation is 1. The molecule has 5 nitrogen and oxygen atoms in total. The Hall–Kier alpha value is -2.40. The van der Waals surface area contributed by atoms with Crippen LogP contribution in [0.2, 0.25) is 0 Å². The Morgan fingerprint density at radius 2 is 1.87 bits per heavy atom.